The molecule has 1 aliphatic rings. The summed E-state index contributed by atoms with van der Waals surface area (Å²) in [5, 5.41) is 4.31. The second kappa shape index (κ2) is 7.83. The molecule has 0 aliphatic carbocycles. The Morgan fingerprint density at radius 3 is 2.89 bits per heavy atom. The maximum atomic E-state index is 12.9. The molecule has 4 rings (SSSR count). The third-order valence-electron chi connectivity index (χ3n) is 4.82. The lowest BCUT2D eigenvalue weighted by Crippen LogP contribution is -2.33. The van der Waals surface area contributed by atoms with Gasteiger partial charge in [0, 0.05) is 17.6 Å². The number of benzene rings is 1. The molecule has 2 aromatic heterocycles. The number of thiophene rings is 1. The minimum Gasteiger partial charge on any atom is -0.491 e. The summed E-state index contributed by atoms with van der Waals surface area (Å²) in [4.78, 5) is 0. The fraction of sp³-hybridized carbons (Fsp3) is 0.368. The van der Waals surface area contributed by atoms with Gasteiger partial charge in [0.25, 0.3) is 10.0 Å². The molecule has 1 fully saturated rings. The number of aromatic nitrogens is 1. The monoisotopic (exact) mass is 424 g/mol. The number of halogens is 1. The molecule has 1 N–H and O–H groups in total. The van der Waals surface area contributed by atoms with Crippen LogP contribution in [0.25, 0.3) is 10.9 Å². The molecule has 5 nitrogen and oxygen atoms in total. The number of nitrogens with zero attached hydrogens (tertiary/aromatic N) is 1. The van der Waals surface area contributed by atoms with Crippen LogP contribution >= 0.6 is 22.9 Å². The average Bonchev–Trinajstić information content (AvgIpc) is 3.20. The lowest BCUT2D eigenvalue weighted by Gasteiger charge is -2.17. The van der Waals surface area contributed by atoms with E-state index >= 15 is 0 Å². The Labute approximate surface area is 168 Å². The summed E-state index contributed by atoms with van der Waals surface area (Å²) >= 11 is 6.97. The highest BCUT2D eigenvalue weighted by atomic mass is 35.5. The fourth-order valence-corrected chi connectivity index (χ4v) is 6.34. The van der Waals surface area contributed by atoms with Crippen molar-refractivity contribution in [2.75, 3.05) is 13.2 Å². The van der Waals surface area contributed by atoms with Crippen LogP contribution in [0.4, 0.5) is 0 Å². The van der Waals surface area contributed by atoms with Gasteiger partial charge in [0.05, 0.1) is 9.85 Å². The minimum atomic E-state index is -3.68. The van der Waals surface area contributed by atoms with E-state index in [1.54, 1.807) is 24.4 Å². The van der Waals surface area contributed by atoms with Crippen molar-refractivity contribution >= 4 is 43.9 Å². The van der Waals surface area contributed by atoms with Gasteiger partial charge in [0.1, 0.15) is 16.6 Å². The molecule has 1 aromatic carbocycles. The van der Waals surface area contributed by atoms with E-state index < -0.39 is 10.0 Å². The SMILES string of the molecule is O=S(=O)(c1ccc(Cl)s1)n1ccc2c(OCC3CCCCCN3)cccc21. The van der Waals surface area contributed by atoms with Crippen molar-refractivity contribution in [2.45, 2.75) is 35.9 Å². The van der Waals surface area contributed by atoms with Gasteiger partial charge >= 0.3 is 0 Å². The van der Waals surface area contributed by atoms with E-state index in [1.807, 2.05) is 12.1 Å². The van der Waals surface area contributed by atoms with Crippen molar-refractivity contribution in [3.63, 3.8) is 0 Å². The molecule has 0 spiro atoms. The van der Waals surface area contributed by atoms with E-state index in [0.29, 0.717) is 28.3 Å². The highest BCUT2D eigenvalue weighted by molar-refractivity contribution is 7.92. The molecule has 1 saturated heterocycles. The first kappa shape index (κ1) is 18.8. The Balaban J connectivity index is 1.62. The Morgan fingerprint density at radius 1 is 1.19 bits per heavy atom. The first-order valence-corrected chi connectivity index (χ1v) is 11.7. The summed E-state index contributed by atoms with van der Waals surface area (Å²) < 4.78 is 33.9. The predicted octanol–water partition coefficient (Wildman–Crippen LogP) is 4.50. The molecule has 1 atom stereocenters. The molecular weight excluding hydrogens is 404 g/mol. The number of nitrogens with one attached hydrogen (secondary N) is 1. The zero-order chi connectivity index (χ0) is 18.9. The molecule has 0 radical (unpaired) electrons. The van der Waals surface area contributed by atoms with Crippen LogP contribution in [0.3, 0.4) is 0 Å². The van der Waals surface area contributed by atoms with Gasteiger partial charge in [-0.25, -0.2) is 3.97 Å². The summed E-state index contributed by atoms with van der Waals surface area (Å²) in [6.07, 6.45) is 6.35. The zero-order valence-electron chi connectivity index (χ0n) is 14.7. The highest BCUT2D eigenvalue weighted by Gasteiger charge is 2.22. The van der Waals surface area contributed by atoms with E-state index in [-0.39, 0.29) is 4.21 Å². The van der Waals surface area contributed by atoms with Gasteiger partial charge in [-0.2, -0.15) is 8.42 Å². The standard InChI is InChI=1S/C19H21ClN2O3S2/c20-18-8-9-19(26-18)27(23,24)22-12-10-15-16(22)6-4-7-17(15)25-13-14-5-2-1-3-11-21-14/h4,6-10,12,14,21H,1-3,5,11,13H2. The molecule has 1 unspecified atom stereocenters. The van der Waals surface area contributed by atoms with Gasteiger partial charge in [0.15, 0.2) is 0 Å². The largest absolute Gasteiger partial charge is 0.491 e. The number of rotatable bonds is 5. The van der Waals surface area contributed by atoms with E-state index in [4.69, 9.17) is 16.3 Å². The fourth-order valence-electron chi connectivity index (χ4n) is 3.42. The van der Waals surface area contributed by atoms with Crippen molar-refractivity contribution in [3.05, 3.63) is 46.9 Å². The molecule has 0 amide bonds. The second-order valence-corrected chi connectivity index (χ2v) is 10.4. The van der Waals surface area contributed by atoms with Crippen LogP contribution in [0.15, 0.2) is 46.8 Å². The first-order valence-electron chi connectivity index (χ1n) is 9.03. The third kappa shape index (κ3) is 3.87. The molecule has 0 bridgehead atoms. The van der Waals surface area contributed by atoms with Gasteiger partial charge in [-0.3, -0.25) is 0 Å². The van der Waals surface area contributed by atoms with Crippen molar-refractivity contribution in [3.8, 4) is 5.75 Å². The van der Waals surface area contributed by atoms with Gasteiger partial charge in [0.2, 0.25) is 0 Å². The lowest BCUT2D eigenvalue weighted by atomic mass is 10.1. The highest BCUT2D eigenvalue weighted by Crippen LogP contribution is 2.32. The van der Waals surface area contributed by atoms with Crippen LogP contribution in [-0.4, -0.2) is 31.6 Å². The topological polar surface area (TPSA) is 60.3 Å². The Kier molecular flexibility index (Phi) is 5.45. The quantitative estimate of drug-likeness (QED) is 0.654. The second-order valence-electron chi connectivity index (χ2n) is 6.68. The number of ether oxygens (including phenoxy) is 1. The van der Waals surface area contributed by atoms with E-state index in [0.717, 1.165) is 29.7 Å². The summed E-state index contributed by atoms with van der Waals surface area (Å²) in [5.74, 6) is 0.705. The maximum Gasteiger partial charge on any atom is 0.277 e. The van der Waals surface area contributed by atoms with Crippen molar-refractivity contribution in [1.29, 1.82) is 0 Å². The number of fused-ring (bicyclic) bond motifs is 1. The van der Waals surface area contributed by atoms with Gasteiger partial charge < -0.3 is 10.1 Å². The summed E-state index contributed by atoms with van der Waals surface area (Å²) in [5.41, 5.74) is 0.603. The van der Waals surface area contributed by atoms with Crippen LogP contribution in [-0.2, 0) is 10.0 Å². The van der Waals surface area contributed by atoms with Crippen LogP contribution in [0.2, 0.25) is 4.34 Å². The normalized spacial score (nSPS) is 18.5. The van der Waals surface area contributed by atoms with Crippen LogP contribution < -0.4 is 10.1 Å². The van der Waals surface area contributed by atoms with Gasteiger partial charge in [-0.1, -0.05) is 30.5 Å². The van der Waals surface area contributed by atoms with Gasteiger partial charge in [-0.05, 0) is 49.7 Å². The first-order chi connectivity index (χ1) is 13.1. The maximum absolute atomic E-state index is 12.9. The smallest absolute Gasteiger partial charge is 0.277 e. The lowest BCUT2D eigenvalue weighted by molar-refractivity contribution is 0.264. The number of hydrogen-bond donors (Lipinski definition) is 1. The van der Waals surface area contributed by atoms with Crippen molar-refractivity contribution in [2.24, 2.45) is 0 Å². The summed E-state index contributed by atoms with van der Waals surface area (Å²) in [6.45, 7) is 1.60. The molecule has 144 valence electrons. The van der Waals surface area contributed by atoms with Gasteiger partial charge in [-0.15, -0.1) is 11.3 Å². The Bertz CT molecular complexity index is 1030. The van der Waals surface area contributed by atoms with Crippen molar-refractivity contribution in [1.82, 2.24) is 9.29 Å². The number of hydrogen-bond acceptors (Lipinski definition) is 5. The van der Waals surface area contributed by atoms with Crippen LogP contribution in [0, 0.1) is 0 Å². The zero-order valence-corrected chi connectivity index (χ0v) is 17.1. The van der Waals surface area contributed by atoms with Crippen LogP contribution in [0.1, 0.15) is 25.7 Å². The predicted molar refractivity (Wildman–Crippen MR) is 110 cm³/mol. The summed E-state index contributed by atoms with van der Waals surface area (Å²) in [7, 11) is -3.68. The molecule has 27 heavy (non-hydrogen) atoms. The third-order valence-corrected chi connectivity index (χ3v) is 8.21. The molecule has 3 heterocycles. The molecule has 0 saturated carbocycles. The average molecular weight is 425 g/mol. The van der Waals surface area contributed by atoms with Crippen LogP contribution in [0.5, 0.6) is 5.75 Å². The van der Waals surface area contributed by atoms with Crippen molar-refractivity contribution < 1.29 is 13.2 Å². The minimum absolute atomic E-state index is 0.221. The Hall–Kier alpha value is -1.54. The van der Waals surface area contributed by atoms with E-state index in [9.17, 15) is 8.42 Å². The van der Waals surface area contributed by atoms with E-state index in [1.165, 1.54) is 29.3 Å². The molecule has 8 heteroatoms. The molecule has 1 aliphatic heterocycles. The Morgan fingerprint density at radius 2 is 2.07 bits per heavy atom. The molecule has 3 aromatic rings. The summed E-state index contributed by atoms with van der Waals surface area (Å²) in [6, 6.07) is 10.8. The molecular formula is C19H21ClN2O3S2. The van der Waals surface area contributed by atoms with E-state index in [2.05, 4.69) is 5.32 Å².